The maximum Gasteiger partial charge on any atom is 0.498 e. The van der Waals surface area contributed by atoms with Gasteiger partial charge in [-0.2, -0.15) is 10.4 Å². The van der Waals surface area contributed by atoms with Gasteiger partial charge in [0.25, 0.3) is 0 Å². The van der Waals surface area contributed by atoms with E-state index in [0.29, 0.717) is 17.7 Å². The molecule has 24 heavy (non-hydrogen) atoms. The number of benzene rings is 1. The number of rotatable bonds is 3. The number of nitriles is 1. The van der Waals surface area contributed by atoms with E-state index in [1.54, 1.807) is 17.1 Å². The number of aromatic nitrogens is 2. The summed E-state index contributed by atoms with van der Waals surface area (Å²) in [5.41, 5.74) is 0.973. The third-order valence-electron chi connectivity index (χ3n) is 4.70. The quantitative estimate of drug-likeness (QED) is 0.811. The molecule has 1 saturated heterocycles. The number of halogens is 1. The van der Waals surface area contributed by atoms with E-state index in [9.17, 15) is 4.39 Å². The van der Waals surface area contributed by atoms with Crippen molar-refractivity contribution in [2.24, 2.45) is 0 Å². The van der Waals surface area contributed by atoms with Gasteiger partial charge in [0.15, 0.2) is 0 Å². The fourth-order valence-electron chi connectivity index (χ4n) is 2.54. The molecular formula is C17H19BFN3O2. The zero-order valence-corrected chi connectivity index (χ0v) is 14.2. The average Bonchev–Trinajstić information content (AvgIpc) is 3.02. The molecule has 0 N–H and O–H groups in total. The van der Waals surface area contributed by atoms with Crippen molar-refractivity contribution in [3.63, 3.8) is 0 Å². The van der Waals surface area contributed by atoms with E-state index in [1.807, 2.05) is 27.7 Å². The fourth-order valence-corrected chi connectivity index (χ4v) is 2.54. The van der Waals surface area contributed by atoms with Crippen LogP contribution in [0.1, 0.15) is 38.8 Å². The standard InChI is InChI=1S/C17H19BFN3O2/c1-16(2)17(3,4)24-18(23-16)14-9-21-22(11-14)10-13-7-15(19)6-5-12(13)8-20/h5-7,9,11H,10H2,1-4H3. The van der Waals surface area contributed by atoms with Crippen LogP contribution in [0.25, 0.3) is 0 Å². The minimum absolute atomic E-state index is 0.306. The predicted octanol–water partition coefficient (Wildman–Crippen LogP) is 2.24. The Morgan fingerprint density at radius 3 is 2.54 bits per heavy atom. The highest BCUT2D eigenvalue weighted by molar-refractivity contribution is 6.61. The van der Waals surface area contributed by atoms with Gasteiger partial charge >= 0.3 is 7.12 Å². The van der Waals surface area contributed by atoms with Gasteiger partial charge in [0.1, 0.15) is 5.82 Å². The number of nitrogens with zero attached hydrogens (tertiary/aromatic N) is 3. The molecule has 2 aromatic rings. The summed E-state index contributed by atoms with van der Waals surface area (Å²) in [6.45, 7) is 8.26. The van der Waals surface area contributed by atoms with Crippen molar-refractivity contribution in [1.29, 1.82) is 5.26 Å². The van der Waals surface area contributed by atoms with Crippen molar-refractivity contribution in [2.75, 3.05) is 0 Å². The summed E-state index contributed by atoms with van der Waals surface area (Å²) in [6.07, 6.45) is 3.47. The first-order valence-electron chi connectivity index (χ1n) is 7.78. The molecule has 0 atom stereocenters. The van der Waals surface area contributed by atoms with Gasteiger partial charge in [-0.3, -0.25) is 4.68 Å². The molecule has 1 aliphatic rings. The molecule has 0 bridgehead atoms. The SMILES string of the molecule is CC1(C)OB(c2cnn(Cc3cc(F)ccc3C#N)c2)OC1(C)C. The maximum absolute atomic E-state index is 13.4. The van der Waals surface area contributed by atoms with Crippen molar-refractivity contribution in [3.8, 4) is 6.07 Å². The molecule has 1 aromatic heterocycles. The van der Waals surface area contributed by atoms with Crippen LogP contribution in [0.15, 0.2) is 30.6 Å². The van der Waals surface area contributed by atoms with Crippen molar-refractivity contribution >= 4 is 12.6 Å². The van der Waals surface area contributed by atoms with E-state index in [4.69, 9.17) is 14.6 Å². The first kappa shape index (κ1) is 16.7. The van der Waals surface area contributed by atoms with Gasteiger partial charge in [-0.1, -0.05) is 0 Å². The van der Waals surface area contributed by atoms with Crippen LogP contribution in [0.3, 0.4) is 0 Å². The summed E-state index contributed by atoms with van der Waals surface area (Å²) < 4.78 is 27.1. The van der Waals surface area contributed by atoms with Gasteiger partial charge in [0, 0.05) is 17.9 Å². The Bertz CT molecular complexity index is 794. The van der Waals surface area contributed by atoms with Crippen LogP contribution in [-0.4, -0.2) is 28.1 Å². The van der Waals surface area contributed by atoms with E-state index in [-0.39, 0.29) is 5.82 Å². The first-order chi connectivity index (χ1) is 11.2. The van der Waals surface area contributed by atoms with Gasteiger partial charge < -0.3 is 9.31 Å². The Morgan fingerprint density at radius 2 is 1.92 bits per heavy atom. The molecule has 0 saturated carbocycles. The molecule has 7 heteroatoms. The summed E-state index contributed by atoms with van der Waals surface area (Å²) >= 11 is 0. The highest BCUT2D eigenvalue weighted by Crippen LogP contribution is 2.36. The molecular weight excluding hydrogens is 308 g/mol. The van der Waals surface area contributed by atoms with Crippen molar-refractivity contribution < 1.29 is 13.7 Å². The molecule has 0 spiro atoms. The zero-order valence-electron chi connectivity index (χ0n) is 14.2. The minimum atomic E-state index is -0.494. The zero-order chi connectivity index (χ0) is 17.5. The van der Waals surface area contributed by atoms with Crippen molar-refractivity contribution in [1.82, 2.24) is 9.78 Å². The van der Waals surface area contributed by atoms with Crippen LogP contribution in [0.4, 0.5) is 4.39 Å². The smallest absolute Gasteiger partial charge is 0.399 e. The second-order valence-electron chi connectivity index (χ2n) is 6.97. The summed E-state index contributed by atoms with van der Waals surface area (Å²) in [5.74, 6) is -0.373. The third-order valence-corrected chi connectivity index (χ3v) is 4.70. The molecule has 0 radical (unpaired) electrons. The van der Waals surface area contributed by atoms with Crippen molar-refractivity contribution in [3.05, 3.63) is 47.5 Å². The number of hydrogen-bond acceptors (Lipinski definition) is 4. The van der Waals surface area contributed by atoms with Crippen LogP contribution >= 0.6 is 0 Å². The Hall–Kier alpha value is -2.17. The highest BCUT2D eigenvalue weighted by Gasteiger charge is 2.52. The first-order valence-corrected chi connectivity index (χ1v) is 7.78. The number of hydrogen-bond donors (Lipinski definition) is 0. The van der Waals surface area contributed by atoms with Gasteiger partial charge in [0.2, 0.25) is 0 Å². The highest BCUT2D eigenvalue weighted by atomic mass is 19.1. The lowest BCUT2D eigenvalue weighted by atomic mass is 9.82. The lowest BCUT2D eigenvalue weighted by Gasteiger charge is -2.32. The maximum atomic E-state index is 13.4. The van der Waals surface area contributed by atoms with Crippen molar-refractivity contribution in [2.45, 2.75) is 45.4 Å². The summed E-state index contributed by atoms with van der Waals surface area (Å²) in [5, 5.41) is 13.4. The molecule has 124 valence electrons. The van der Waals surface area contributed by atoms with Crippen LogP contribution in [0.5, 0.6) is 0 Å². The Morgan fingerprint density at radius 1 is 1.25 bits per heavy atom. The molecule has 5 nitrogen and oxygen atoms in total. The molecule has 3 rings (SSSR count). The predicted molar refractivity (Wildman–Crippen MR) is 88.2 cm³/mol. The van der Waals surface area contributed by atoms with Crippen LogP contribution in [0, 0.1) is 17.1 Å². The van der Waals surface area contributed by atoms with Crippen LogP contribution in [0.2, 0.25) is 0 Å². The van der Waals surface area contributed by atoms with E-state index in [1.165, 1.54) is 18.2 Å². The fraction of sp³-hybridized carbons (Fsp3) is 0.412. The molecule has 2 heterocycles. The van der Waals surface area contributed by atoms with E-state index >= 15 is 0 Å². The molecule has 0 amide bonds. The average molecular weight is 327 g/mol. The molecule has 0 unspecified atom stereocenters. The molecule has 1 fully saturated rings. The summed E-state index contributed by atoms with van der Waals surface area (Å²) in [6, 6.07) is 6.18. The summed E-state index contributed by atoms with van der Waals surface area (Å²) in [7, 11) is -0.494. The van der Waals surface area contributed by atoms with Crippen LogP contribution in [-0.2, 0) is 15.9 Å². The van der Waals surface area contributed by atoms with Gasteiger partial charge in [-0.25, -0.2) is 4.39 Å². The Kier molecular flexibility index (Phi) is 3.98. The van der Waals surface area contributed by atoms with Gasteiger partial charge in [0.05, 0.1) is 29.4 Å². The molecule has 0 aliphatic carbocycles. The Labute approximate surface area is 141 Å². The lowest BCUT2D eigenvalue weighted by molar-refractivity contribution is 0.00578. The minimum Gasteiger partial charge on any atom is -0.399 e. The second kappa shape index (κ2) is 5.73. The second-order valence-corrected chi connectivity index (χ2v) is 6.97. The van der Waals surface area contributed by atoms with Crippen LogP contribution < -0.4 is 5.46 Å². The molecule has 1 aromatic carbocycles. The largest absolute Gasteiger partial charge is 0.498 e. The van der Waals surface area contributed by atoms with E-state index in [0.717, 1.165) is 5.46 Å². The van der Waals surface area contributed by atoms with Gasteiger partial charge in [-0.15, -0.1) is 0 Å². The van der Waals surface area contributed by atoms with E-state index in [2.05, 4.69) is 11.2 Å². The normalized spacial score (nSPS) is 18.6. The monoisotopic (exact) mass is 327 g/mol. The summed E-state index contributed by atoms with van der Waals surface area (Å²) in [4.78, 5) is 0. The Balaban J connectivity index is 1.81. The topological polar surface area (TPSA) is 60.1 Å². The molecule has 1 aliphatic heterocycles. The lowest BCUT2D eigenvalue weighted by Crippen LogP contribution is -2.41. The van der Waals surface area contributed by atoms with Gasteiger partial charge in [-0.05, 0) is 51.5 Å². The third kappa shape index (κ3) is 2.95. The van der Waals surface area contributed by atoms with E-state index < -0.39 is 18.3 Å².